The van der Waals surface area contributed by atoms with Crippen LogP contribution in [0.25, 0.3) is 0 Å². The zero-order chi connectivity index (χ0) is 16.6. The Balaban J connectivity index is 3.13. The number of carboxylic acids is 1. The monoisotopic (exact) mass is 304 g/mol. The number of rotatable bonds is 9. The molecule has 0 atom stereocenters. The van der Waals surface area contributed by atoms with Crippen molar-refractivity contribution >= 4 is 5.97 Å². The molecule has 1 rings (SSSR count). The third-order valence-corrected chi connectivity index (χ3v) is 3.87. The molecule has 0 aliphatic rings. The van der Waals surface area contributed by atoms with Crippen LogP contribution in [0.5, 0.6) is 5.75 Å². The van der Waals surface area contributed by atoms with Crippen molar-refractivity contribution < 1.29 is 14.6 Å². The second-order valence-electron chi connectivity index (χ2n) is 6.22. The maximum absolute atomic E-state index is 11.6. The number of benzene rings is 1. The standard InChI is InChI=1S/C19H28O3/c1-5-7-11-14-19(3,4)17(16(6-2)18(20)21)22-15-12-9-8-10-13-15/h8-10,12-13H,5-7,11,14H2,1-4H3,(H,20,21). The second-order valence-corrected chi connectivity index (χ2v) is 6.22. The zero-order valence-electron chi connectivity index (χ0n) is 14.2. The van der Waals surface area contributed by atoms with Gasteiger partial charge in [-0.05, 0) is 25.0 Å². The van der Waals surface area contributed by atoms with Gasteiger partial charge < -0.3 is 9.84 Å². The van der Waals surface area contributed by atoms with Gasteiger partial charge in [-0.3, -0.25) is 0 Å². The molecule has 122 valence electrons. The van der Waals surface area contributed by atoms with E-state index in [9.17, 15) is 9.90 Å². The van der Waals surface area contributed by atoms with E-state index in [-0.39, 0.29) is 5.41 Å². The molecule has 0 spiro atoms. The minimum atomic E-state index is -0.892. The quantitative estimate of drug-likeness (QED) is 0.376. The molecule has 0 aliphatic heterocycles. The fraction of sp³-hybridized carbons (Fsp3) is 0.526. The highest BCUT2D eigenvalue weighted by Gasteiger charge is 2.30. The van der Waals surface area contributed by atoms with E-state index in [1.165, 1.54) is 0 Å². The van der Waals surface area contributed by atoms with Gasteiger partial charge in [0.25, 0.3) is 0 Å². The van der Waals surface area contributed by atoms with Crippen molar-refractivity contribution in [3.05, 3.63) is 41.7 Å². The molecule has 0 bridgehead atoms. The average Bonchev–Trinajstić information content (AvgIpc) is 2.48. The summed E-state index contributed by atoms with van der Waals surface area (Å²) >= 11 is 0. The molecule has 1 N–H and O–H groups in total. The summed E-state index contributed by atoms with van der Waals surface area (Å²) in [5.41, 5.74) is 0.0692. The summed E-state index contributed by atoms with van der Waals surface area (Å²) in [4.78, 5) is 11.6. The van der Waals surface area contributed by atoms with Crippen molar-refractivity contribution in [1.82, 2.24) is 0 Å². The maximum Gasteiger partial charge on any atom is 0.335 e. The van der Waals surface area contributed by atoms with Gasteiger partial charge in [-0.25, -0.2) is 4.79 Å². The number of ether oxygens (including phenoxy) is 1. The Morgan fingerprint density at radius 1 is 1.14 bits per heavy atom. The molecule has 0 saturated heterocycles. The van der Waals surface area contributed by atoms with Gasteiger partial charge in [-0.1, -0.05) is 65.2 Å². The molecular weight excluding hydrogens is 276 g/mol. The Kier molecular flexibility index (Phi) is 7.16. The van der Waals surface area contributed by atoms with Crippen LogP contribution in [-0.2, 0) is 4.79 Å². The molecule has 0 saturated carbocycles. The number of hydrogen-bond donors (Lipinski definition) is 1. The van der Waals surface area contributed by atoms with E-state index >= 15 is 0 Å². The molecule has 0 heterocycles. The highest BCUT2D eigenvalue weighted by Crippen LogP contribution is 2.37. The first-order chi connectivity index (χ1) is 10.4. The predicted molar refractivity (Wildman–Crippen MR) is 89.9 cm³/mol. The van der Waals surface area contributed by atoms with Crippen molar-refractivity contribution in [2.75, 3.05) is 0 Å². The lowest BCUT2D eigenvalue weighted by molar-refractivity contribution is -0.133. The Bertz CT molecular complexity index is 501. The molecule has 0 radical (unpaired) electrons. The third kappa shape index (κ3) is 5.21. The first-order valence-electron chi connectivity index (χ1n) is 8.12. The van der Waals surface area contributed by atoms with E-state index in [4.69, 9.17) is 4.74 Å². The second kappa shape index (κ2) is 8.62. The summed E-state index contributed by atoms with van der Waals surface area (Å²) in [7, 11) is 0. The maximum atomic E-state index is 11.6. The van der Waals surface area contributed by atoms with Crippen LogP contribution < -0.4 is 4.74 Å². The molecule has 1 aromatic carbocycles. The van der Waals surface area contributed by atoms with E-state index in [1.807, 2.05) is 37.3 Å². The van der Waals surface area contributed by atoms with Gasteiger partial charge in [-0.2, -0.15) is 0 Å². The molecule has 3 nitrogen and oxygen atoms in total. The van der Waals surface area contributed by atoms with Gasteiger partial charge in [0.2, 0.25) is 0 Å². The highest BCUT2D eigenvalue weighted by atomic mass is 16.5. The molecule has 22 heavy (non-hydrogen) atoms. The molecule has 0 amide bonds. The van der Waals surface area contributed by atoms with Crippen LogP contribution in [0, 0.1) is 5.41 Å². The summed E-state index contributed by atoms with van der Waals surface area (Å²) < 4.78 is 6.02. The van der Waals surface area contributed by atoms with Gasteiger partial charge in [0.15, 0.2) is 0 Å². The number of hydrogen-bond acceptors (Lipinski definition) is 2. The van der Waals surface area contributed by atoms with Gasteiger partial charge in [0, 0.05) is 5.41 Å². The molecule has 0 aliphatic carbocycles. The summed E-state index contributed by atoms with van der Waals surface area (Å²) in [5, 5.41) is 9.52. The molecule has 3 heteroatoms. The fourth-order valence-corrected chi connectivity index (χ4v) is 2.55. The van der Waals surface area contributed by atoms with Crippen LogP contribution in [0.1, 0.15) is 59.8 Å². The number of allylic oxidation sites excluding steroid dienone is 1. The molecule has 0 aromatic heterocycles. The van der Waals surface area contributed by atoms with E-state index in [1.54, 1.807) is 0 Å². The summed E-state index contributed by atoms with van der Waals surface area (Å²) in [6.45, 7) is 8.16. The largest absolute Gasteiger partial charge is 0.478 e. The Hall–Kier alpha value is -1.77. The van der Waals surface area contributed by atoms with E-state index in [0.717, 1.165) is 25.7 Å². The van der Waals surface area contributed by atoms with Crippen LogP contribution >= 0.6 is 0 Å². The van der Waals surface area contributed by atoms with Crippen molar-refractivity contribution in [3.63, 3.8) is 0 Å². The SMILES string of the molecule is CCCCCC(C)(C)C(Oc1ccccc1)=C(CC)C(=O)O. The van der Waals surface area contributed by atoms with Gasteiger partial charge in [-0.15, -0.1) is 0 Å². The molecule has 1 aromatic rings. The van der Waals surface area contributed by atoms with E-state index in [0.29, 0.717) is 23.5 Å². The predicted octanol–water partition coefficient (Wildman–Crippen LogP) is 5.42. The third-order valence-electron chi connectivity index (χ3n) is 3.87. The smallest absolute Gasteiger partial charge is 0.335 e. The topological polar surface area (TPSA) is 46.5 Å². The average molecular weight is 304 g/mol. The van der Waals surface area contributed by atoms with Crippen LogP contribution in [0.4, 0.5) is 0 Å². The minimum Gasteiger partial charge on any atom is -0.478 e. The van der Waals surface area contributed by atoms with Gasteiger partial charge in [0.05, 0.1) is 5.57 Å². The lowest BCUT2D eigenvalue weighted by Crippen LogP contribution is -2.24. The van der Waals surface area contributed by atoms with Gasteiger partial charge in [0.1, 0.15) is 11.5 Å². The van der Waals surface area contributed by atoms with Crippen LogP contribution in [0.2, 0.25) is 0 Å². The summed E-state index contributed by atoms with van der Waals surface area (Å²) in [5.74, 6) is 0.384. The Morgan fingerprint density at radius 2 is 1.77 bits per heavy atom. The van der Waals surface area contributed by atoms with Crippen molar-refractivity contribution in [2.24, 2.45) is 5.41 Å². The van der Waals surface area contributed by atoms with Crippen LogP contribution in [-0.4, -0.2) is 11.1 Å². The first-order valence-corrected chi connectivity index (χ1v) is 8.12. The fourth-order valence-electron chi connectivity index (χ4n) is 2.55. The van der Waals surface area contributed by atoms with Crippen molar-refractivity contribution in [1.29, 1.82) is 0 Å². The molecule has 0 fully saturated rings. The number of unbranched alkanes of at least 4 members (excludes halogenated alkanes) is 2. The number of aliphatic carboxylic acids is 1. The number of carboxylic acid groups (broad SMARTS) is 1. The lowest BCUT2D eigenvalue weighted by atomic mass is 9.82. The van der Waals surface area contributed by atoms with Crippen molar-refractivity contribution in [2.45, 2.75) is 59.8 Å². The van der Waals surface area contributed by atoms with Crippen LogP contribution in [0.3, 0.4) is 0 Å². The normalized spacial score (nSPS) is 12.7. The van der Waals surface area contributed by atoms with E-state index < -0.39 is 5.97 Å². The van der Waals surface area contributed by atoms with Gasteiger partial charge >= 0.3 is 5.97 Å². The lowest BCUT2D eigenvalue weighted by Gasteiger charge is -2.29. The molecular formula is C19H28O3. The first kappa shape index (κ1) is 18.3. The van der Waals surface area contributed by atoms with Crippen LogP contribution in [0.15, 0.2) is 41.7 Å². The Morgan fingerprint density at radius 3 is 2.27 bits per heavy atom. The van der Waals surface area contributed by atoms with Crippen molar-refractivity contribution in [3.8, 4) is 5.75 Å². The minimum absolute atomic E-state index is 0.297. The number of para-hydroxylation sites is 1. The summed E-state index contributed by atoms with van der Waals surface area (Å²) in [6.07, 6.45) is 4.74. The summed E-state index contributed by atoms with van der Waals surface area (Å²) in [6, 6.07) is 9.42. The number of carbonyl (C=O) groups is 1. The Labute approximate surface area is 134 Å². The zero-order valence-corrected chi connectivity index (χ0v) is 14.2. The highest BCUT2D eigenvalue weighted by molar-refractivity contribution is 5.87. The molecule has 0 unspecified atom stereocenters. The van der Waals surface area contributed by atoms with E-state index in [2.05, 4.69) is 20.8 Å².